The third-order valence-electron chi connectivity index (χ3n) is 4.76. The molecule has 1 heterocycles. The Morgan fingerprint density at radius 3 is 2.45 bits per heavy atom. The normalized spacial score (nSPS) is 21.9. The number of aromatic nitrogens is 1. The fourth-order valence-corrected chi connectivity index (χ4v) is 5.06. The summed E-state index contributed by atoms with van der Waals surface area (Å²) >= 11 is 2.00. The van der Waals surface area contributed by atoms with Crippen LogP contribution in [0.3, 0.4) is 0 Å². The van der Waals surface area contributed by atoms with E-state index >= 15 is 0 Å². The van der Waals surface area contributed by atoms with Crippen molar-refractivity contribution >= 4 is 11.3 Å². The van der Waals surface area contributed by atoms with Crippen LogP contribution in [0.1, 0.15) is 80.4 Å². The van der Waals surface area contributed by atoms with Crippen LogP contribution in [0.2, 0.25) is 0 Å². The van der Waals surface area contributed by atoms with Gasteiger partial charge in [0.25, 0.3) is 0 Å². The van der Waals surface area contributed by atoms with Crippen molar-refractivity contribution in [1.82, 2.24) is 10.3 Å². The monoisotopic (exact) mass is 292 g/mol. The van der Waals surface area contributed by atoms with Crippen molar-refractivity contribution in [1.29, 1.82) is 0 Å². The number of hydrogen-bond acceptors (Lipinski definition) is 3. The molecule has 0 aromatic carbocycles. The first-order valence-electron chi connectivity index (χ1n) is 8.48. The number of rotatable bonds is 4. The van der Waals surface area contributed by atoms with Gasteiger partial charge in [0.05, 0.1) is 11.7 Å². The predicted octanol–water partition coefficient (Wildman–Crippen LogP) is 4.64. The van der Waals surface area contributed by atoms with Gasteiger partial charge in [0.2, 0.25) is 0 Å². The average molecular weight is 292 g/mol. The zero-order chi connectivity index (χ0) is 13.9. The van der Waals surface area contributed by atoms with E-state index in [4.69, 9.17) is 4.98 Å². The highest BCUT2D eigenvalue weighted by Crippen LogP contribution is 2.38. The first-order valence-corrected chi connectivity index (χ1v) is 9.30. The van der Waals surface area contributed by atoms with E-state index in [2.05, 4.69) is 19.2 Å². The van der Waals surface area contributed by atoms with Crippen molar-refractivity contribution in [2.75, 3.05) is 0 Å². The zero-order valence-electron chi connectivity index (χ0n) is 13.0. The molecule has 0 spiro atoms. The summed E-state index contributed by atoms with van der Waals surface area (Å²) in [7, 11) is 0. The molecule has 2 aliphatic carbocycles. The van der Waals surface area contributed by atoms with Crippen molar-refractivity contribution in [2.24, 2.45) is 5.92 Å². The Bertz CT molecular complexity index is 409. The number of thiazole rings is 1. The predicted molar refractivity (Wildman–Crippen MR) is 86.3 cm³/mol. The Morgan fingerprint density at radius 1 is 1.05 bits per heavy atom. The van der Waals surface area contributed by atoms with Crippen molar-refractivity contribution < 1.29 is 0 Å². The minimum absolute atomic E-state index is 0.503. The lowest BCUT2D eigenvalue weighted by Gasteiger charge is -2.27. The first kappa shape index (κ1) is 14.5. The van der Waals surface area contributed by atoms with E-state index in [0.29, 0.717) is 12.1 Å². The van der Waals surface area contributed by atoms with E-state index in [-0.39, 0.29) is 0 Å². The van der Waals surface area contributed by atoms with Crippen LogP contribution in [0.15, 0.2) is 0 Å². The molecule has 2 nitrogen and oxygen atoms in total. The maximum atomic E-state index is 5.01. The van der Waals surface area contributed by atoms with Gasteiger partial charge in [-0.25, -0.2) is 4.98 Å². The van der Waals surface area contributed by atoms with Gasteiger partial charge in [-0.1, -0.05) is 39.5 Å². The number of fused-ring (bicyclic) bond motifs is 1. The average Bonchev–Trinajstić information content (AvgIpc) is 2.88. The molecule has 2 aliphatic rings. The van der Waals surface area contributed by atoms with Crippen LogP contribution in [0.25, 0.3) is 0 Å². The third-order valence-corrected chi connectivity index (χ3v) is 6.00. The van der Waals surface area contributed by atoms with Crippen LogP contribution < -0.4 is 5.32 Å². The van der Waals surface area contributed by atoms with E-state index in [1.807, 2.05) is 11.3 Å². The summed E-state index contributed by atoms with van der Waals surface area (Å²) in [5.74, 6) is 0.797. The number of hydrogen-bond donors (Lipinski definition) is 1. The minimum Gasteiger partial charge on any atom is -0.305 e. The fraction of sp³-hybridized carbons (Fsp3) is 0.824. The van der Waals surface area contributed by atoms with Crippen molar-refractivity contribution in [3.05, 3.63) is 15.6 Å². The Balaban J connectivity index is 1.80. The molecule has 0 aliphatic heterocycles. The van der Waals surface area contributed by atoms with Gasteiger partial charge >= 0.3 is 0 Å². The number of aryl methyl sites for hydroxylation is 2. The van der Waals surface area contributed by atoms with Gasteiger partial charge in [-0.05, 0) is 38.0 Å². The van der Waals surface area contributed by atoms with Gasteiger partial charge in [-0.2, -0.15) is 0 Å². The van der Waals surface area contributed by atoms with E-state index in [0.717, 1.165) is 5.92 Å². The Morgan fingerprint density at radius 2 is 1.80 bits per heavy atom. The lowest BCUT2D eigenvalue weighted by molar-refractivity contribution is 0.306. The molecule has 1 N–H and O–H groups in total. The van der Waals surface area contributed by atoms with Crippen LogP contribution in [-0.4, -0.2) is 11.0 Å². The van der Waals surface area contributed by atoms with Crippen LogP contribution in [0, 0.1) is 5.92 Å². The second-order valence-electron chi connectivity index (χ2n) is 6.83. The largest absolute Gasteiger partial charge is 0.305 e. The first-order chi connectivity index (χ1) is 9.74. The van der Waals surface area contributed by atoms with Gasteiger partial charge in [0.1, 0.15) is 5.01 Å². The summed E-state index contributed by atoms with van der Waals surface area (Å²) in [4.78, 5) is 6.58. The maximum absolute atomic E-state index is 5.01. The van der Waals surface area contributed by atoms with Crippen LogP contribution in [-0.2, 0) is 12.8 Å². The van der Waals surface area contributed by atoms with E-state index in [1.54, 1.807) is 4.88 Å². The number of nitrogens with one attached hydrogen (secondary N) is 1. The molecule has 1 unspecified atom stereocenters. The van der Waals surface area contributed by atoms with Crippen LogP contribution in [0.5, 0.6) is 0 Å². The van der Waals surface area contributed by atoms with Gasteiger partial charge in [-0.15, -0.1) is 11.3 Å². The summed E-state index contributed by atoms with van der Waals surface area (Å²) in [5.41, 5.74) is 1.41. The molecule has 0 bridgehead atoms. The van der Waals surface area contributed by atoms with Gasteiger partial charge < -0.3 is 5.32 Å². The molecule has 0 radical (unpaired) electrons. The highest BCUT2D eigenvalue weighted by molar-refractivity contribution is 7.11. The second-order valence-corrected chi connectivity index (χ2v) is 7.94. The Hall–Kier alpha value is -0.410. The quantitative estimate of drug-likeness (QED) is 0.818. The fourth-order valence-electron chi connectivity index (χ4n) is 3.76. The summed E-state index contributed by atoms with van der Waals surface area (Å²) in [5, 5.41) is 5.21. The molecule has 0 saturated heterocycles. The lowest BCUT2D eigenvalue weighted by atomic mass is 9.91. The molecule has 1 aromatic rings. The van der Waals surface area contributed by atoms with Crippen molar-refractivity contribution in [2.45, 2.75) is 83.7 Å². The molecule has 1 atom stereocenters. The summed E-state index contributed by atoms with van der Waals surface area (Å²) in [6.45, 7) is 4.54. The second kappa shape index (κ2) is 6.57. The molecular weight excluding hydrogens is 264 g/mol. The van der Waals surface area contributed by atoms with E-state index < -0.39 is 0 Å². The molecular formula is C17H28N2S. The zero-order valence-corrected chi connectivity index (χ0v) is 13.8. The Labute approximate surface area is 127 Å². The van der Waals surface area contributed by atoms with Crippen molar-refractivity contribution in [3.8, 4) is 0 Å². The van der Waals surface area contributed by atoms with Gasteiger partial charge in [0, 0.05) is 10.9 Å². The SMILES string of the molecule is CC(C)NC(c1nc2c(s1)CCC2)C1CCCCCC1. The smallest absolute Gasteiger partial charge is 0.110 e. The van der Waals surface area contributed by atoms with Gasteiger partial charge in [-0.3, -0.25) is 0 Å². The highest BCUT2D eigenvalue weighted by atomic mass is 32.1. The van der Waals surface area contributed by atoms with Gasteiger partial charge in [0.15, 0.2) is 0 Å². The van der Waals surface area contributed by atoms with Crippen LogP contribution in [0.4, 0.5) is 0 Å². The molecule has 20 heavy (non-hydrogen) atoms. The molecule has 3 heteroatoms. The molecule has 0 amide bonds. The van der Waals surface area contributed by atoms with E-state index in [1.165, 1.54) is 68.5 Å². The lowest BCUT2D eigenvalue weighted by Crippen LogP contribution is -2.33. The van der Waals surface area contributed by atoms with Crippen molar-refractivity contribution in [3.63, 3.8) is 0 Å². The highest BCUT2D eigenvalue weighted by Gasteiger charge is 2.29. The third kappa shape index (κ3) is 3.25. The van der Waals surface area contributed by atoms with E-state index in [9.17, 15) is 0 Å². The molecule has 3 rings (SSSR count). The van der Waals surface area contributed by atoms with Crippen LogP contribution >= 0.6 is 11.3 Å². The minimum atomic E-state index is 0.503. The molecule has 1 fully saturated rings. The Kier molecular flexibility index (Phi) is 4.77. The maximum Gasteiger partial charge on any atom is 0.110 e. The summed E-state index contributed by atoms with van der Waals surface area (Å²) < 4.78 is 0. The standard InChI is InChI=1S/C17H28N2S/c1-12(2)18-16(13-8-5-3-4-6-9-13)17-19-14-10-7-11-15(14)20-17/h12-13,16,18H,3-11H2,1-2H3. The molecule has 1 saturated carbocycles. The summed E-state index contributed by atoms with van der Waals surface area (Å²) in [6, 6.07) is 1.05. The molecule has 1 aromatic heterocycles. The summed E-state index contributed by atoms with van der Waals surface area (Å²) in [6.07, 6.45) is 12.2. The number of nitrogens with zero attached hydrogens (tertiary/aromatic N) is 1. The topological polar surface area (TPSA) is 24.9 Å². The molecule has 112 valence electrons.